The van der Waals surface area contributed by atoms with E-state index in [0.29, 0.717) is 12.3 Å². The Kier molecular flexibility index (Phi) is 4.58. The van der Waals surface area contributed by atoms with Crippen LogP contribution in [0.5, 0.6) is 0 Å². The van der Waals surface area contributed by atoms with Gasteiger partial charge in [-0.1, -0.05) is 26.7 Å². The summed E-state index contributed by atoms with van der Waals surface area (Å²) in [6.45, 7) is 4.15. The highest BCUT2D eigenvalue weighted by atomic mass is 16.2. The molecule has 15 heavy (non-hydrogen) atoms. The maximum atomic E-state index is 11.9. The molecule has 1 rings (SSSR count). The van der Waals surface area contributed by atoms with Gasteiger partial charge >= 0.3 is 0 Å². The van der Waals surface area contributed by atoms with Crippen molar-refractivity contribution in [2.75, 3.05) is 7.05 Å². The largest absolute Gasteiger partial charge is 0.341 e. The van der Waals surface area contributed by atoms with Gasteiger partial charge < -0.3 is 10.6 Å². The van der Waals surface area contributed by atoms with E-state index < -0.39 is 0 Å². The van der Waals surface area contributed by atoms with Crippen LogP contribution in [0.4, 0.5) is 0 Å². The van der Waals surface area contributed by atoms with Crippen molar-refractivity contribution in [1.29, 1.82) is 0 Å². The molecule has 1 aliphatic rings. The minimum atomic E-state index is 0.180. The first-order valence-corrected chi connectivity index (χ1v) is 6.03. The molecule has 0 aromatic heterocycles. The normalized spacial score (nSPS) is 26.7. The molecule has 1 fully saturated rings. The molecule has 2 atom stereocenters. The summed E-state index contributed by atoms with van der Waals surface area (Å²) in [4.78, 5) is 13.7. The number of carbonyl (C=O) groups excluding carboxylic acids is 1. The highest BCUT2D eigenvalue weighted by Crippen LogP contribution is 2.21. The van der Waals surface area contributed by atoms with Crippen LogP contribution in [0, 0.1) is 5.92 Å². The minimum absolute atomic E-state index is 0.180. The SMILES string of the molecule is CC(C)CC(=O)N(C)C1CCCCC1N. The second-order valence-electron chi connectivity index (χ2n) is 5.12. The summed E-state index contributed by atoms with van der Waals surface area (Å²) in [5, 5.41) is 0. The number of hydrogen-bond donors (Lipinski definition) is 1. The molecule has 0 aromatic rings. The predicted molar refractivity (Wildman–Crippen MR) is 62.5 cm³/mol. The lowest BCUT2D eigenvalue weighted by Gasteiger charge is -2.36. The Labute approximate surface area is 93.0 Å². The van der Waals surface area contributed by atoms with Crippen LogP contribution < -0.4 is 5.73 Å². The Morgan fingerprint density at radius 2 is 2.00 bits per heavy atom. The number of rotatable bonds is 3. The maximum Gasteiger partial charge on any atom is 0.222 e. The van der Waals surface area contributed by atoms with Crippen molar-refractivity contribution >= 4 is 5.91 Å². The van der Waals surface area contributed by atoms with Crippen molar-refractivity contribution in [2.45, 2.75) is 58.0 Å². The molecule has 3 nitrogen and oxygen atoms in total. The van der Waals surface area contributed by atoms with Crippen molar-refractivity contribution in [3.8, 4) is 0 Å². The Morgan fingerprint density at radius 3 is 2.53 bits per heavy atom. The van der Waals surface area contributed by atoms with Gasteiger partial charge in [-0.05, 0) is 18.8 Å². The van der Waals surface area contributed by atoms with Crippen LogP contribution in [0.3, 0.4) is 0 Å². The van der Waals surface area contributed by atoms with E-state index >= 15 is 0 Å². The van der Waals surface area contributed by atoms with Crippen LogP contribution in [0.1, 0.15) is 46.0 Å². The highest BCUT2D eigenvalue weighted by molar-refractivity contribution is 5.76. The standard InChI is InChI=1S/C12H24N2O/c1-9(2)8-12(15)14(3)11-7-5-4-6-10(11)13/h9-11H,4-8,13H2,1-3H3. The molecule has 2 unspecified atom stereocenters. The Hall–Kier alpha value is -0.570. The highest BCUT2D eigenvalue weighted by Gasteiger charge is 2.28. The third-order valence-corrected chi connectivity index (χ3v) is 3.26. The summed E-state index contributed by atoms with van der Waals surface area (Å²) in [6.07, 6.45) is 5.19. The first-order chi connectivity index (χ1) is 7.02. The lowest BCUT2D eigenvalue weighted by Crippen LogP contribution is -2.50. The van der Waals surface area contributed by atoms with E-state index in [2.05, 4.69) is 13.8 Å². The Morgan fingerprint density at radius 1 is 1.40 bits per heavy atom. The summed E-state index contributed by atoms with van der Waals surface area (Å²) in [5.74, 6) is 0.673. The second-order valence-corrected chi connectivity index (χ2v) is 5.12. The van der Waals surface area contributed by atoms with Gasteiger partial charge in [0.2, 0.25) is 5.91 Å². The van der Waals surface area contributed by atoms with Gasteiger partial charge in [0.25, 0.3) is 0 Å². The average molecular weight is 212 g/mol. The van der Waals surface area contributed by atoms with Gasteiger partial charge in [0.15, 0.2) is 0 Å². The van der Waals surface area contributed by atoms with Crippen LogP contribution in [0.15, 0.2) is 0 Å². The predicted octanol–water partition coefficient (Wildman–Crippen LogP) is 1.76. The molecule has 0 spiro atoms. The lowest BCUT2D eigenvalue weighted by molar-refractivity contribution is -0.133. The number of hydrogen-bond acceptors (Lipinski definition) is 2. The van der Waals surface area contributed by atoms with E-state index in [-0.39, 0.29) is 18.0 Å². The minimum Gasteiger partial charge on any atom is -0.341 e. The van der Waals surface area contributed by atoms with Crippen molar-refractivity contribution in [1.82, 2.24) is 4.90 Å². The molecule has 0 aliphatic heterocycles. The van der Waals surface area contributed by atoms with E-state index in [9.17, 15) is 4.79 Å². The lowest BCUT2D eigenvalue weighted by atomic mass is 9.89. The molecule has 0 saturated heterocycles. The van der Waals surface area contributed by atoms with E-state index in [1.165, 1.54) is 12.8 Å². The number of amides is 1. The molecular weight excluding hydrogens is 188 g/mol. The number of likely N-dealkylation sites (N-methyl/N-ethyl adjacent to an activating group) is 1. The molecule has 3 heteroatoms. The fourth-order valence-corrected chi connectivity index (χ4v) is 2.30. The molecule has 2 N–H and O–H groups in total. The Bertz CT molecular complexity index is 216. The topological polar surface area (TPSA) is 46.3 Å². The van der Waals surface area contributed by atoms with Gasteiger partial charge in [0, 0.05) is 25.6 Å². The van der Waals surface area contributed by atoms with Crippen molar-refractivity contribution in [3.05, 3.63) is 0 Å². The average Bonchev–Trinajstić information content (AvgIpc) is 2.16. The summed E-state index contributed by atoms with van der Waals surface area (Å²) in [7, 11) is 1.90. The van der Waals surface area contributed by atoms with E-state index in [4.69, 9.17) is 5.73 Å². The van der Waals surface area contributed by atoms with Crippen LogP contribution >= 0.6 is 0 Å². The van der Waals surface area contributed by atoms with Gasteiger partial charge in [0.1, 0.15) is 0 Å². The summed E-state index contributed by atoms with van der Waals surface area (Å²) < 4.78 is 0. The van der Waals surface area contributed by atoms with Gasteiger partial charge in [-0.2, -0.15) is 0 Å². The zero-order valence-corrected chi connectivity index (χ0v) is 10.2. The second kappa shape index (κ2) is 5.50. The molecule has 1 saturated carbocycles. The van der Waals surface area contributed by atoms with Crippen molar-refractivity contribution in [3.63, 3.8) is 0 Å². The summed E-state index contributed by atoms with van der Waals surface area (Å²) in [5.41, 5.74) is 6.05. The molecule has 0 bridgehead atoms. The van der Waals surface area contributed by atoms with Crippen LogP contribution in [-0.4, -0.2) is 29.9 Å². The Balaban J connectivity index is 2.50. The first kappa shape index (κ1) is 12.5. The van der Waals surface area contributed by atoms with Crippen LogP contribution in [0.2, 0.25) is 0 Å². The third-order valence-electron chi connectivity index (χ3n) is 3.26. The molecule has 0 radical (unpaired) electrons. The summed E-state index contributed by atoms with van der Waals surface area (Å²) in [6, 6.07) is 0.449. The van der Waals surface area contributed by atoms with E-state index in [1.807, 2.05) is 11.9 Å². The van der Waals surface area contributed by atoms with Crippen LogP contribution in [-0.2, 0) is 4.79 Å². The fourth-order valence-electron chi connectivity index (χ4n) is 2.30. The third kappa shape index (κ3) is 3.49. The molecule has 1 aliphatic carbocycles. The molecule has 0 heterocycles. The molecule has 1 amide bonds. The molecule has 0 aromatic carbocycles. The van der Waals surface area contributed by atoms with Crippen molar-refractivity contribution < 1.29 is 4.79 Å². The quantitative estimate of drug-likeness (QED) is 0.775. The van der Waals surface area contributed by atoms with Gasteiger partial charge in [-0.25, -0.2) is 0 Å². The van der Waals surface area contributed by atoms with Gasteiger partial charge in [0.05, 0.1) is 0 Å². The van der Waals surface area contributed by atoms with Gasteiger partial charge in [-0.15, -0.1) is 0 Å². The molecular formula is C12H24N2O. The number of carbonyl (C=O) groups is 1. The van der Waals surface area contributed by atoms with Crippen LogP contribution in [0.25, 0.3) is 0 Å². The number of nitrogens with two attached hydrogens (primary N) is 1. The van der Waals surface area contributed by atoms with E-state index in [0.717, 1.165) is 12.8 Å². The maximum absolute atomic E-state index is 11.9. The van der Waals surface area contributed by atoms with E-state index in [1.54, 1.807) is 0 Å². The molecule has 88 valence electrons. The first-order valence-electron chi connectivity index (χ1n) is 6.03. The van der Waals surface area contributed by atoms with Gasteiger partial charge in [-0.3, -0.25) is 4.79 Å². The summed E-state index contributed by atoms with van der Waals surface area (Å²) >= 11 is 0. The zero-order chi connectivity index (χ0) is 11.4. The van der Waals surface area contributed by atoms with Crippen molar-refractivity contribution in [2.24, 2.45) is 11.7 Å². The monoisotopic (exact) mass is 212 g/mol. The smallest absolute Gasteiger partial charge is 0.222 e. The fraction of sp³-hybridized carbons (Fsp3) is 0.917. The zero-order valence-electron chi connectivity index (χ0n) is 10.2. The number of nitrogens with zero attached hydrogens (tertiary/aromatic N) is 1.